The van der Waals surface area contributed by atoms with Crippen molar-refractivity contribution in [2.45, 2.75) is 51.3 Å². The molecule has 1 aliphatic rings. The van der Waals surface area contributed by atoms with Crippen LogP contribution in [0, 0.1) is 11.8 Å². The van der Waals surface area contributed by atoms with Crippen molar-refractivity contribution in [3.8, 4) is 0 Å². The van der Waals surface area contributed by atoms with Gasteiger partial charge in [0.15, 0.2) is 0 Å². The molecular weight excluding hydrogens is 265 g/mol. The summed E-state index contributed by atoms with van der Waals surface area (Å²) in [6.45, 7) is 4.31. The summed E-state index contributed by atoms with van der Waals surface area (Å²) in [4.78, 5) is 0. The molecule has 3 unspecified atom stereocenters. The normalized spacial score (nSPS) is 31.3. The molecule has 1 N–H and O–H groups in total. The van der Waals surface area contributed by atoms with Gasteiger partial charge < -0.3 is 5.11 Å². The van der Waals surface area contributed by atoms with Gasteiger partial charge in [-0.05, 0) is 48.8 Å². The highest BCUT2D eigenvalue weighted by atomic mass is 19.4. The van der Waals surface area contributed by atoms with Gasteiger partial charge in [0, 0.05) is 6.42 Å². The minimum Gasteiger partial charge on any atom is -0.390 e. The Morgan fingerprint density at radius 1 is 1.15 bits per heavy atom. The van der Waals surface area contributed by atoms with Crippen LogP contribution in [-0.2, 0) is 12.6 Å². The molecule has 2 rings (SSSR count). The molecule has 1 aromatic carbocycles. The molecule has 4 heteroatoms. The Balaban J connectivity index is 2.06. The Morgan fingerprint density at radius 2 is 1.75 bits per heavy atom. The zero-order chi connectivity index (χ0) is 15.0. The molecule has 0 bridgehead atoms. The van der Waals surface area contributed by atoms with Crippen LogP contribution in [0.3, 0.4) is 0 Å². The quantitative estimate of drug-likeness (QED) is 0.852. The standard InChI is InChI=1S/C16H21F3O/c1-11-7-8-15(20,9-12(11)2)10-13-3-5-14(6-4-13)16(17,18)19/h3-6,11-12,20H,7-10H2,1-2H3. The molecule has 0 aromatic heterocycles. The number of aliphatic hydroxyl groups is 1. The number of rotatable bonds is 2. The second kappa shape index (κ2) is 5.40. The van der Waals surface area contributed by atoms with E-state index < -0.39 is 17.3 Å². The zero-order valence-corrected chi connectivity index (χ0v) is 11.9. The van der Waals surface area contributed by atoms with E-state index in [-0.39, 0.29) is 0 Å². The molecule has 0 amide bonds. The van der Waals surface area contributed by atoms with Gasteiger partial charge in [0.1, 0.15) is 0 Å². The van der Waals surface area contributed by atoms with Gasteiger partial charge >= 0.3 is 6.18 Å². The predicted octanol–water partition coefficient (Wildman–Crippen LogP) is 4.44. The fraction of sp³-hybridized carbons (Fsp3) is 0.625. The van der Waals surface area contributed by atoms with Crippen molar-refractivity contribution in [2.24, 2.45) is 11.8 Å². The molecule has 0 aliphatic heterocycles. The Morgan fingerprint density at radius 3 is 2.25 bits per heavy atom. The average Bonchev–Trinajstić information content (AvgIpc) is 2.34. The van der Waals surface area contributed by atoms with Crippen LogP contribution in [0.5, 0.6) is 0 Å². The first kappa shape index (κ1) is 15.4. The largest absolute Gasteiger partial charge is 0.416 e. The molecule has 0 spiro atoms. The van der Waals surface area contributed by atoms with Gasteiger partial charge in [0.2, 0.25) is 0 Å². The Bertz CT molecular complexity index is 452. The lowest BCUT2D eigenvalue weighted by atomic mass is 9.71. The van der Waals surface area contributed by atoms with Crippen molar-refractivity contribution in [1.29, 1.82) is 0 Å². The zero-order valence-electron chi connectivity index (χ0n) is 11.9. The van der Waals surface area contributed by atoms with Gasteiger partial charge in [-0.1, -0.05) is 26.0 Å². The van der Waals surface area contributed by atoms with Gasteiger partial charge in [-0.15, -0.1) is 0 Å². The molecule has 112 valence electrons. The van der Waals surface area contributed by atoms with Crippen LogP contribution in [0.1, 0.15) is 44.2 Å². The summed E-state index contributed by atoms with van der Waals surface area (Å²) >= 11 is 0. The van der Waals surface area contributed by atoms with Crippen molar-refractivity contribution in [2.75, 3.05) is 0 Å². The number of halogens is 3. The first-order valence-electron chi connectivity index (χ1n) is 7.08. The third kappa shape index (κ3) is 3.54. The molecule has 0 heterocycles. The second-order valence-corrected chi connectivity index (χ2v) is 6.29. The highest BCUT2D eigenvalue weighted by molar-refractivity contribution is 5.25. The van der Waals surface area contributed by atoms with E-state index in [1.807, 2.05) is 0 Å². The fourth-order valence-corrected chi connectivity index (χ4v) is 3.04. The van der Waals surface area contributed by atoms with Crippen LogP contribution in [0.25, 0.3) is 0 Å². The molecule has 0 radical (unpaired) electrons. The van der Waals surface area contributed by atoms with E-state index in [0.29, 0.717) is 18.3 Å². The van der Waals surface area contributed by atoms with E-state index in [4.69, 9.17) is 0 Å². The number of alkyl halides is 3. The first-order valence-corrected chi connectivity index (χ1v) is 7.08. The lowest BCUT2D eigenvalue weighted by Crippen LogP contribution is -2.39. The smallest absolute Gasteiger partial charge is 0.390 e. The topological polar surface area (TPSA) is 20.2 Å². The lowest BCUT2D eigenvalue weighted by molar-refractivity contribution is -0.137. The third-order valence-corrected chi connectivity index (χ3v) is 4.55. The highest BCUT2D eigenvalue weighted by Gasteiger charge is 2.36. The van der Waals surface area contributed by atoms with Crippen LogP contribution in [0.15, 0.2) is 24.3 Å². The molecular formula is C16H21F3O. The molecule has 1 saturated carbocycles. The van der Waals surface area contributed by atoms with E-state index >= 15 is 0 Å². The molecule has 0 saturated heterocycles. The van der Waals surface area contributed by atoms with Crippen molar-refractivity contribution < 1.29 is 18.3 Å². The maximum atomic E-state index is 12.5. The maximum absolute atomic E-state index is 12.5. The van der Waals surface area contributed by atoms with E-state index in [9.17, 15) is 18.3 Å². The summed E-state index contributed by atoms with van der Waals surface area (Å²) in [6, 6.07) is 5.13. The molecule has 1 aromatic rings. The van der Waals surface area contributed by atoms with Crippen molar-refractivity contribution in [3.63, 3.8) is 0 Å². The van der Waals surface area contributed by atoms with Crippen LogP contribution in [0.4, 0.5) is 13.2 Å². The van der Waals surface area contributed by atoms with Crippen LogP contribution < -0.4 is 0 Å². The van der Waals surface area contributed by atoms with Gasteiger partial charge in [-0.2, -0.15) is 13.2 Å². The fourth-order valence-electron chi connectivity index (χ4n) is 3.04. The van der Waals surface area contributed by atoms with E-state index in [1.165, 1.54) is 12.1 Å². The van der Waals surface area contributed by atoms with E-state index in [0.717, 1.165) is 37.0 Å². The minimum absolute atomic E-state index is 0.433. The summed E-state index contributed by atoms with van der Waals surface area (Å²) in [5.41, 5.74) is -0.646. The van der Waals surface area contributed by atoms with Gasteiger partial charge in [-0.3, -0.25) is 0 Å². The third-order valence-electron chi connectivity index (χ3n) is 4.55. The van der Waals surface area contributed by atoms with Crippen LogP contribution in [-0.4, -0.2) is 10.7 Å². The van der Waals surface area contributed by atoms with Crippen molar-refractivity contribution >= 4 is 0 Å². The number of hydrogen-bond donors (Lipinski definition) is 1. The summed E-state index contributed by atoms with van der Waals surface area (Å²) in [6.07, 6.45) is -1.46. The highest BCUT2D eigenvalue weighted by Crippen LogP contribution is 2.38. The average molecular weight is 286 g/mol. The predicted molar refractivity (Wildman–Crippen MR) is 72.3 cm³/mol. The van der Waals surface area contributed by atoms with Gasteiger partial charge in [0.05, 0.1) is 11.2 Å². The summed E-state index contributed by atoms with van der Waals surface area (Å²) in [7, 11) is 0. The maximum Gasteiger partial charge on any atom is 0.416 e. The van der Waals surface area contributed by atoms with E-state index in [2.05, 4.69) is 13.8 Å². The monoisotopic (exact) mass is 286 g/mol. The van der Waals surface area contributed by atoms with Crippen molar-refractivity contribution in [1.82, 2.24) is 0 Å². The Labute approximate surface area is 117 Å². The van der Waals surface area contributed by atoms with Crippen LogP contribution >= 0.6 is 0 Å². The number of benzene rings is 1. The molecule has 1 nitrogen and oxygen atoms in total. The molecule has 1 fully saturated rings. The van der Waals surface area contributed by atoms with Crippen molar-refractivity contribution in [3.05, 3.63) is 35.4 Å². The SMILES string of the molecule is CC1CCC(O)(Cc2ccc(C(F)(F)F)cc2)CC1C. The van der Waals surface area contributed by atoms with E-state index in [1.54, 1.807) is 0 Å². The Hall–Kier alpha value is -1.03. The van der Waals surface area contributed by atoms with Gasteiger partial charge in [0.25, 0.3) is 0 Å². The lowest BCUT2D eigenvalue weighted by Gasteiger charge is -2.39. The second-order valence-electron chi connectivity index (χ2n) is 6.29. The molecule has 3 atom stereocenters. The summed E-state index contributed by atoms with van der Waals surface area (Å²) in [5.74, 6) is 1.05. The van der Waals surface area contributed by atoms with Crippen LogP contribution in [0.2, 0.25) is 0 Å². The number of hydrogen-bond acceptors (Lipinski definition) is 1. The summed E-state index contributed by atoms with van der Waals surface area (Å²) in [5, 5.41) is 10.6. The molecule has 20 heavy (non-hydrogen) atoms. The Kier molecular flexibility index (Phi) is 4.14. The summed E-state index contributed by atoms with van der Waals surface area (Å²) < 4.78 is 37.5. The van der Waals surface area contributed by atoms with Gasteiger partial charge in [-0.25, -0.2) is 0 Å². The first-order chi connectivity index (χ1) is 9.20. The minimum atomic E-state index is -4.30. The molecule has 1 aliphatic carbocycles.